The van der Waals surface area contributed by atoms with Crippen molar-refractivity contribution in [3.63, 3.8) is 0 Å². The summed E-state index contributed by atoms with van der Waals surface area (Å²) >= 11 is 0. The third-order valence-corrected chi connectivity index (χ3v) is 3.36. The predicted octanol–water partition coefficient (Wildman–Crippen LogP) is 4.54. The van der Waals surface area contributed by atoms with Gasteiger partial charge in [0.05, 0.1) is 0 Å². The highest BCUT2D eigenvalue weighted by molar-refractivity contribution is 4.98. The van der Waals surface area contributed by atoms with Gasteiger partial charge in [0.1, 0.15) is 0 Å². The lowest BCUT2D eigenvalue weighted by Gasteiger charge is -2.28. The van der Waals surface area contributed by atoms with Crippen molar-refractivity contribution < 1.29 is 0 Å². The highest BCUT2D eigenvalue weighted by Crippen LogP contribution is 2.23. The van der Waals surface area contributed by atoms with Crippen LogP contribution in [0.3, 0.4) is 0 Å². The number of rotatable bonds is 10. The maximum Gasteiger partial charge on any atom is 0.0132 e. The zero-order valence-corrected chi connectivity index (χ0v) is 11.8. The van der Waals surface area contributed by atoms with Gasteiger partial charge in [0, 0.05) is 6.04 Å². The average Bonchev–Trinajstić information content (AvgIpc) is 2.28. The Morgan fingerprint density at radius 1 is 1.06 bits per heavy atom. The van der Waals surface area contributed by atoms with Gasteiger partial charge >= 0.3 is 0 Å². The van der Waals surface area contributed by atoms with Gasteiger partial charge in [-0.15, -0.1) is 0 Å². The smallest absolute Gasteiger partial charge is 0.0132 e. The molecule has 0 aliphatic rings. The van der Waals surface area contributed by atoms with Gasteiger partial charge in [-0.2, -0.15) is 0 Å². The fourth-order valence-electron chi connectivity index (χ4n) is 2.41. The maximum atomic E-state index is 4.16. The summed E-state index contributed by atoms with van der Waals surface area (Å²) in [5.74, 6) is 0.832. The van der Waals surface area contributed by atoms with Crippen LogP contribution in [0, 0.1) is 5.92 Å². The number of hydrogen-bond donors (Lipinski definition) is 1. The minimum absolute atomic E-state index is 0.650. The van der Waals surface area contributed by atoms with Crippen LogP contribution in [0.2, 0.25) is 0 Å². The van der Waals surface area contributed by atoms with Gasteiger partial charge < -0.3 is 5.32 Å². The van der Waals surface area contributed by atoms with E-state index in [1.54, 1.807) is 0 Å². The van der Waals surface area contributed by atoms with Crippen LogP contribution in [0.5, 0.6) is 0 Å². The molecule has 0 aliphatic carbocycles. The van der Waals surface area contributed by atoms with Crippen molar-refractivity contribution in [1.82, 2.24) is 5.32 Å². The van der Waals surface area contributed by atoms with E-state index in [-0.39, 0.29) is 0 Å². The van der Waals surface area contributed by atoms with E-state index in [2.05, 4.69) is 39.6 Å². The second-order valence-corrected chi connectivity index (χ2v) is 4.81. The lowest BCUT2D eigenvalue weighted by atomic mass is 9.86. The Morgan fingerprint density at radius 3 is 2.00 bits per heavy atom. The zero-order valence-electron chi connectivity index (χ0n) is 11.8. The van der Waals surface area contributed by atoms with E-state index in [1.165, 1.54) is 31.3 Å². The van der Waals surface area contributed by atoms with Gasteiger partial charge in [-0.25, -0.2) is 0 Å². The van der Waals surface area contributed by atoms with E-state index in [0.29, 0.717) is 6.04 Å². The second kappa shape index (κ2) is 9.89. The molecule has 0 aromatic rings. The number of hydrogen-bond acceptors (Lipinski definition) is 1. The van der Waals surface area contributed by atoms with Gasteiger partial charge in [-0.1, -0.05) is 52.7 Å². The predicted molar refractivity (Wildman–Crippen MR) is 74.8 cm³/mol. The molecule has 1 unspecified atom stereocenters. The van der Waals surface area contributed by atoms with E-state index in [0.717, 1.165) is 25.3 Å². The first kappa shape index (κ1) is 15.7. The first-order valence-corrected chi connectivity index (χ1v) is 7.09. The lowest BCUT2D eigenvalue weighted by molar-refractivity contribution is 0.311. The Bertz CT molecular complexity index is 168. The topological polar surface area (TPSA) is 12.0 Å². The maximum absolute atomic E-state index is 4.16. The highest BCUT2D eigenvalue weighted by Gasteiger charge is 2.19. The van der Waals surface area contributed by atoms with E-state index in [1.807, 2.05) is 0 Å². The minimum atomic E-state index is 0.650. The molecule has 0 spiro atoms. The van der Waals surface area contributed by atoms with Crippen LogP contribution in [0.25, 0.3) is 0 Å². The molecule has 96 valence electrons. The summed E-state index contributed by atoms with van der Waals surface area (Å²) in [6, 6.07) is 0.650. The Hall–Kier alpha value is -0.300. The van der Waals surface area contributed by atoms with Crippen LogP contribution in [-0.4, -0.2) is 12.6 Å². The molecule has 0 aromatic heterocycles. The summed E-state index contributed by atoms with van der Waals surface area (Å²) in [6.45, 7) is 14.2. The molecule has 1 atom stereocenters. The van der Waals surface area contributed by atoms with Gasteiger partial charge in [-0.05, 0) is 38.1 Å². The molecule has 0 bridgehead atoms. The van der Waals surface area contributed by atoms with Gasteiger partial charge in [0.2, 0.25) is 0 Å². The molecule has 1 nitrogen and oxygen atoms in total. The van der Waals surface area contributed by atoms with Crippen molar-refractivity contribution in [2.45, 2.75) is 72.3 Å². The molecule has 1 heteroatoms. The Balaban J connectivity index is 4.35. The lowest BCUT2D eigenvalue weighted by Crippen LogP contribution is -2.36. The van der Waals surface area contributed by atoms with Crippen molar-refractivity contribution in [1.29, 1.82) is 0 Å². The number of nitrogens with one attached hydrogen (secondary N) is 1. The minimum Gasteiger partial charge on any atom is -0.314 e. The third kappa shape index (κ3) is 6.32. The summed E-state index contributed by atoms with van der Waals surface area (Å²) in [5, 5.41) is 3.66. The fourth-order valence-corrected chi connectivity index (χ4v) is 2.41. The largest absolute Gasteiger partial charge is 0.314 e. The van der Waals surface area contributed by atoms with Crippen LogP contribution < -0.4 is 5.32 Å². The van der Waals surface area contributed by atoms with Crippen LogP contribution in [-0.2, 0) is 0 Å². The van der Waals surface area contributed by atoms with Gasteiger partial charge in [0.15, 0.2) is 0 Å². The Kier molecular flexibility index (Phi) is 9.71. The van der Waals surface area contributed by atoms with Gasteiger partial charge in [0.25, 0.3) is 0 Å². The molecule has 0 saturated heterocycles. The molecular weight excluding hydrogens is 194 g/mol. The molecule has 0 saturated carbocycles. The van der Waals surface area contributed by atoms with Crippen molar-refractivity contribution in [2.75, 3.05) is 6.54 Å². The normalized spacial score (nSPS) is 13.1. The first-order chi connectivity index (χ1) is 7.69. The molecular formula is C15H31N. The molecule has 0 aromatic carbocycles. The van der Waals surface area contributed by atoms with Crippen molar-refractivity contribution in [3.05, 3.63) is 12.2 Å². The SMILES string of the molecule is C=C(CC)CC(NCC)C(CCC)CCC. The quantitative estimate of drug-likeness (QED) is 0.538. The second-order valence-electron chi connectivity index (χ2n) is 4.81. The average molecular weight is 225 g/mol. The van der Waals surface area contributed by atoms with Crippen LogP contribution in [0.15, 0.2) is 12.2 Å². The Labute approximate surface area is 103 Å². The fraction of sp³-hybridized carbons (Fsp3) is 0.867. The van der Waals surface area contributed by atoms with Crippen LogP contribution in [0.1, 0.15) is 66.2 Å². The first-order valence-electron chi connectivity index (χ1n) is 7.09. The molecule has 1 N–H and O–H groups in total. The van der Waals surface area contributed by atoms with Crippen molar-refractivity contribution in [3.8, 4) is 0 Å². The van der Waals surface area contributed by atoms with E-state index in [9.17, 15) is 0 Å². The van der Waals surface area contributed by atoms with Crippen molar-refractivity contribution in [2.24, 2.45) is 5.92 Å². The summed E-state index contributed by atoms with van der Waals surface area (Å²) in [7, 11) is 0. The van der Waals surface area contributed by atoms with E-state index < -0.39 is 0 Å². The summed E-state index contributed by atoms with van der Waals surface area (Å²) in [6.07, 6.45) is 7.57. The Morgan fingerprint density at radius 2 is 1.62 bits per heavy atom. The summed E-state index contributed by atoms with van der Waals surface area (Å²) < 4.78 is 0. The van der Waals surface area contributed by atoms with Crippen molar-refractivity contribution >= 4 is 0 Å². The summed E-state index contributed by atoms with van der Waals surface area (Å²) in [5.41, 5.74) is 1.39. The van der Waals surface area contributed by atoms with Gasteiger partial charge in [-0.3, -0.25) is 0 Å². The molecule has 0 amide bonds. The van der Waals surface area contributed by atoms with E-state index in [4.69, 9.17) is 0 Å². The molecule has 0 heterocycles. The third-order valence-electron chi connectivity index (χ3n) is 3.36. The highest BCUT2D eigenvalue weighted by atomic mass is 14.9. The monoisotopic (exact) mass is 225 g/mol. The standard InChI is InChI=1S/C15H31N/c1-6-10-14(11-7-2)15(16-9-4)12-13(5)8-3/h14-16H,5-12H2,1-4H3. The zero-order chi connectivity index (χ0) is 12.4. The molecule has 16 heavy (non-hydrogen) atoms. The molecule has 0 fully saturated rings. The van der Waals surface area contributed by atoms with Crippen LogP contribution in [0.4, 0.5) is 0 Å². The van der Waals surface area contributed by atoms with Crippen LogP contribution >= 0.6 is 0 Å². The molecule has 0 aliphatic heterocycles. The van der Waals surface area contributed by atoms with E-state index >= 15 is 0 Å². The summed E-state index contributed by atoms with van der Waals surface area (Å²) in [4.78, 5) is 0. The molecule has 0 rings (SSSR count). The molecule has 0 radical (unpaired) electrons.